The van der Waals surface area contributed by atoms with Gasteiger partial charge in [0.2, 0.25) is 0 Å². The first-order valence-electron chi connectivity index (χ1n) is 5.81. The van der Waals surface area contributed by atoms with Gasteiger partial charge < -0.3 is 9.84 Å². The molecule has 1 aromatic heterocycles. The molecule has 0 saturated heterocycles. The van der Waals surface area contributed by atoms with Crippen molar-refractivity contribution in [2.45, 2.75) is 6.61 Å². The molecule has 4 heteroatoms. The lowest BCUT2D eigenvalue weighted by Gasteiger charge is -2.03. The molecule has 96 valence electrons. The van der Waals surface area contributed by atoms with Crippen LogP contribution in [0.25, 0.3) is 10.1 Å². The van der Waals surface area contributed by atoms with Gasteiger partial charge in [-0.3, -0.25) is 0 Å². The van der Waals surface area contributed by atoms with E-state index in [2.05, 4.69) is 0 Å². The number of benzene rings is 2. The summed E-state index contributed by atoms with van der Waals surface area (Å²) >= 11 is 1.52. The van der Waals surface area contributed by atoms with Gasteiger partial charge in [0.1, 0.15) is 23.9 Å². The van der Waals surface area contributed by atoms with Gasteiger partial charge in [-0.15, -0.1) is 11.3 Å². The van der Waals surface area contributed by atoms with E-state index < -0.39 is 0 Å². The minimum Gasteiger partial charge on any atom is -0.508 e. The van der Waals surface area contributed by atoms with Gasteiger partial charge in [-0.05, 0) is 42.5 Å². The summed E-state index contributed by atoms with van der Waals surface area (Å²) in [5.74, 6) is 0.677. The number of thiophene rings is 1. The first kappa shape index (κ1) is 12.0. The first-order chi connectivity index (χ1) is 9.22. The second kappa shape index (κ2) is 4.90. The van der Waals surface area contributed by atoms with Gasteiger partial charge in [0, 0.05) is 15.0 Å². The van der Waals surface area contributed by atoms with E-state index in [9.17, 15) is 9.50 Å². The smallest absolute Gasteiger partial charge is 0.131 e. The predicted molar refractivity (Wildman–Crippen MR) is 74.2 cm³/mol. The van der Waals surface area contributed by atoms with E-state index in [0.717, 1.165) is 9.58 Å². The third kappa shape index (κ3) is 2.53. The Morgan fingerprint density at radius 1 is 1.11 bits per heavy atom. The molecule has 3 rings (SSSR count). The molecule has 0 saturated carbocycles. The molecule has 19 heavy (non-hydrogen) atoms. The van der Waals surface area contributed by atoms with Crippen LogP contribution in [0.3, 0.4) is 0 Å². The van der Waals surface area contributed by atoms with Crippen LogP contribution in [0.1, 0.15) is 4.88 Å². The Hall–Kier alpha value is -2.07. The molecule has 0 aliphatic carbocycles. The molecule has 0 atom stereocenters. The average Bonchev–Trinajstić information content (AvgIpc) is 2.83. The van der Waals surface area contributed by atoms with Crippen molar-refractivity contribution in [1.29, 1.82) is 0 Å². The lowest BCUT2D eigenvalue weighted by Crippen LogP contribution is -1.91. The molecule has 0 unspecified atom stereocenters. The third-order valence-electron chi connectivity index (χ3n) is 2.78. The van der Waals surface area contributed by atoms with Crippen LogP contribution >= 0.6 is 11.3 Å². The first-order valence-corrected chi connectivity index (χ1v) is 6.63. The summed E-state index contributed by atoms with van der Waals surface area (Å²) < 4.78 is 20.1. The van der Waals surface area contributed by atoms with Gasteiger partial charge in [0.05, 0.1) is 0 Å². The van der Waals surface area contributed by atoms with Crippen molar-refractivity contribution in [2.24, 2.45) is 0 Å². The molecular formula is C15H11FO2S. The summed E-state index contributed by atoms with van der Waals surface area (Å²) in [4.78, 5) is 0.966. The van der Waals surface area contributed by atoms with Crippen molar-refractivity contribution in [2.75, 3.05) is 0 Å². The quantitative estimate of drug-likeness (QED) is 0.770. The molecule has 1 N–H and O–H groups in total. The average molecular weight is 274 g/mol. The Balaban J connectivity index is 1.78. The molecule has 0 spiro atoms. The van der Waals surface area contributed by atoms with Crippen LogP contribution in [0.2, 0.25) is 0 Å². The van der Waals surface area contributed by atoms with Gasteiger partial charge >= 0.3 is 0 Å². The second-order valence-corrected chi connectivity index (χ2v) is 5.32. The van der Waals surface area contributed by atoms with Crippen LogP contribution in [-0.4, -0.2) is 5.11 Å². The highest BCUT2D eigenvalue weighted by Crippen LogP contribution is 2.28. The van der Waals surface area contributed by atoms with Crippen LogP contribution < -0.4 is 4.74 Å². The van der Waals surface area contributed by atoms with Crippen molar-refractivity contribution in [3.63, 3.8) is 0 Å². The number of halogens is 1. The third-order valence-corrected chi connectivity index (χ3v) is 3.85. The Morgan fingerprint density at radius 2 is 1.89 bits per heavy atom. The molecule has 0 aliphatic rings. The van der Waals surface area contributed by atoms with Gasteiger partial charge in [0.25, 0.3) is 0 Å². The Kier molecular flexibility index (Phi) is 3.09. The summed E-state index contributed by atoms with van der Waals surface area (Å²) in [6.45, 7) is 0.392. The van der Waals surface area contributed by atoms with E-state index in [1.54, 1.807) is 30.3 Å². The summed E-state index contributed by atoms with van der Waals surface area (Å²) in [6.07, 6.45) is 0. The fourth-order valence-electron chi connectivity index (χ4n) is 1.85. The second-order valence-electron chi connectivity index (χ2n) is 4.15. The maximum atomic E-state index is 13.5. The van der Waals surface area contributed by atoms with Crippen molar-refractivity contribution >= 4 is 21.4 Å². The van der Waals surface area contributed by atoms with E-state index >= 15 is 0 Å². The molecule has 0 fully saturated rings. The number of fused-ring (bicyclic) bond motifs is 1. The molecule has 0 amide bonds. The van der Waals surface area contributed by atoms with Crippen molar-refractivity contribution < 1.29 is 14.2 Å². The van der Waals surface area contributed by atoms with Gasteiger partial charge in [-0.1, -0.05) is 6.07 Å². The Morgan fingerprint density at radius 3 is 2.63 bits per heavy atom. The van der Waals surface area contributed by atoms with Crippen LogP contribution in [0.15, 0.2) is 48.5 Å². The maximum Gasteiger partial charge on any atom is 0.131 e. The van der Waals surface area contributed by atoms with E-state index in [4.69, 9.17) is 4.74 Å². The van der Waals surface area contributed by atoms with Gasteiger partial charge in [-0.25, -0.2) is 4.39 Å². The standard InChI is InChI=1S/C15H11FO2S/c16-14-2-1-3-15-13(14)8-12(19-15)9-18-11-6-4-10(17)5-7-11/h1-8,17H,9H2. The van der Waals surface area contributed by atoms with Crippen LogP contribution in [0.4, 0.5) is 4.39 Å². The minimum absolute atomic E-state index is 0.204. The van der Waals surface area contributed by atoms with Crippen LogP contribution in [0.5, 0.6) is 11.5 Å². The van der Waals surface area contributed by atoms with E-state index in [1.165, 1.54) is 17.4 Å². The van der Waals surface area contributed by atoms with E-state index in [1.807, 2.05) is 12.1 Å². The largest absolute Gasteiger partial charge is 0.508 e. The lowest BCUT2D eigenvalue weighted by molar-refractivity contribution is 0.309. The summed E-state index contributed by atoms with van der Waals surface area (Å²) in [5, 5.41) is 9.81. The number of phenols is 1. The normalized spacial score (nSPS) is 10.8. The summed E-state index contributed by atoms with van der Waals surface area (Å²) in [7, 11) is 0. The number of aromatic hydroxyl groups is 1. The molecule has 2 aromatic carbocycles. The predicted octanol–water partition coefficient (Wildman–Crippen LogP) is 4.33. The summed E-state index contributed by atoms with van der Waals surface area (Å²) in [6, 6.07) is 13.4. The number of ether oxygens (including phenoxy) is 1. The fraction of sp³-hybridized carbons (Fsp3) is 0.0667. The van der Waals surface area contributed by atoms with Crippen LogP contribution in [0, 0.1) is 5.82 Å². The number of rotatable bonds is 3. The zero-order valence-corrected chi connectivity index (χ0v) is 10.8. The molecule has 0 radical (unpaired) electrons. The topological polar surface area (TPSA) is 29.5 Å². The highest BCUT2D eigenvalue weighted by atomic mass is 32.1. The summed E-state index contributed by atoms with van der Waals surface area (Å²) in [5.41, 5.74) is 0. The van der Waals surface area contributed by atoms with Gasteiger partial charge in [0.15, 0.2) is 0 Å². The van der Waals surface area contributed by atoms with Crippen molar-refractivity contribution in [3.8, 4) is 11.5 Å². The highest BCUT2D eigenvalue weighted by Gasteiger charge is 2.06. The van der Waals surface area contributed by atoms with Crippen molar-refractivity contribution in [3.05, 3.63) is 59.2 Å². The Labute approximate surface area is 113 Å². The van der Waals surface area contributed by atoms with Crippen LogP contribution in [-0.2, 0) is 6.61 Å². The number of hydrogen-bond acceptors (Lipinski definition) is 3. The minimum atomic E-state index is -0.204. The highest BCUT2D eigenvalue weighted by molar-refractivity contribution is 7.19. The zero-order valence-electron chi connectivity index (χ0n) is 9.97. The van der Waals surface area contributed by atoms with Crippen molar-refractivity contribution in [1.82, 2.24) is 0 Å². The molecular weight excluding hydrogens is 263 g/mol. The number of phenolic OH excluding ortho intramolecular Hbond substituents is 1. The SMILES string of the molecule is Oc1ccc(OCc2cc3c(F)cccc3s2)cc1. The molecule has 0 bridgehead atoms. The lowest BCUT2D eigenvalue weighted by atomic mass is 10.2. The molecule has 2 nitrogen and oxygen atoms in total. The van der Waals surface area contributed by atoms with Gasteiger partial charge in [-0.2, -0.15) is 0 Å². The molecule has 3 aromatic rings. The van der Waals surface area contributed by atoms with E-state index in [0.29, 0.717) is 17.7 Å². The zero-order chi connectivity index (χ0) is 13.2. The van der Waals surface area contributed by atoms with E-state index in [-0.39, 0.29) is 11.6 Å². The molecule has 0 aliphatic heterocycles. The fourth-order valence-corrected chi connectivity index (χ4v) is 2.84. The maximum absolute atomic E-state index is 13.5. The molecule has 1 heterocycles. The monoisotopic (exact) mass is 274 g/mol. The Bertz CT molecular complexity index is 704. The number of hydrogen-bond donors (Lipinski definition) is 1.